The number of benzene rings is 3. The number of rotatable bonds is 4. The Labute approximate surface area is 193 Å². The lowest BCUT2D eigenvalue weighted by Gasteiger charge is -2.11. The second-order valence-electron chi connectivity index (χ2n) is 7.75. The van der Waals surface area contributed by atoms with Crippen molar-refractivity contribution in [2.24, 2.45) is 0 Å². The minimum absolute atomic E-state index is 0.196. The average molecular weight is 450 g/mol. The third kappa shape index (κ3) is 3.68. The van der Waals surface area contributed by atoms with Gasteiger partial charge in [0.1, 0.15) is 5.70 Å². The zero-order chi connectivity index (χ0) is 22.2. The van der Waals surface area contributed by atoms with E-state index in [1.54, 1.807) is 6.20 Å². The van der Waals surface area contributed by atoms with Crippen molar-refractivity contribution in [2.75, 3.05) is 5.32 Å². The Kier molecular flexibility index (Phi) is 4.74. The number of aromatic amines is 2. The average Bonchev–Trinajstić information content (AvgIpc) is 3.60. The minimum atomic E-state index is -0.196. The quantitative estimate of drug-likeness (QED) is 0.278. The Balaban J connectivity index is 1.30. The largest absolute Gasteiger partial charge is 0.361 e. The molecular formula is C26H19N5OS. The lowest BCUT2D eigenvalue weighted by Crippen LogP contribution is -2.21. The molecule has 1 amide bonds. The Morgan fingerprint density at radius 2 is 1.88 bits per heavy atom. The second-order valence-corrected chi connectivity index (χ2v) is 8.66. The van der Waals surface area contributed by atoms with Crippen LogP contribution in [0.2, 0.25) is 0 Å². The van der Waals surface area contributed by atoms with Crippen molar-refractivity contribution in [3.05, 3.63) is 101 Å². The summed E-state index contributed by atoms with van der Waals surface area (Å²) in [6, 6.07) is 22.3. The summed E-state index contributed by atoms with van der Waals surface area (Å²) < 4.78 is 0. The molecule has 0 saturated carbocycles. The topological polar surface area (TPSA) is 85.6 Å². The number of nitrogens with zero attached hydrogens (tertiary/aromatic N) is 1. The van der Waals surface area contributed by atoms with Gasteiger partial charge in [-0.1, -0.05) is 54.2 Å². The van der Waals surface area contributed by atoms with E-state index in [2.05, 4.69) is 44.0 Å². The molecular weight excluding hydrogens is 430 g/mol. The molecule has 160 valence electrons. The third-order valence-electron chi connectivity index (χ3n) is 5.62. The maximum absolute atomic E-state index is 13.1. The Hall–Kier alpha value is -4.23. The number of carbonyl (C=O) groups is 1. The number of hydrogen-bond donors (Lipinski definition) is 4. The molecule has 0 bridgehead atoms. The summed E-state index contributed by atoms with van der Waals surface area (Å²) in [5.74, 6) is -0.196. The molecule has 0 unspecified atom stereocenters. The molecule has 3 heterocycles. The standard InChI is InChI=1S/C26H19N5OS/c32-26(24-15-33-25(29-24)11-16-5-2-1-3-6-16)30-22-12-17(13-23-20(22)14-28-31-23)18-7-4-8-21-19(18)9-10-27-21/h1-15,27,29H,(H,28,31)(H,30,32). The smallest absolute Gasteiger partial charge is 0.272 e. The highest BCUT2D eigenvalue weighted by Crippen LogP contribution is 2.34. The van der Waals surface area contributed by atoms with Crippen LogP contribution in [0.4, 0.5) is 5.69 Å². The maximum Gasteiger partial charge on any atom is 0.272 e. The zero-order valence-electron chi connectivity index (χ0n) is 17.4. The molecule has 6 nitrogen and oxygen atoms in total. The van der Waals surface area contributed by atoms with Crippen molar-refractivity contribution in [1.29, 1.82) is 0 Å². The van der Waals surface area contributed by atoms with Gasteiger partial charge in [-0.3, -0.25) is 9.89 Å². The predicted octanol–water partition coefficient (Wildman–Crippen LogP) is 5.83. The van der Waals surface area contributed by atoms with E-state index in [0.717, 1.165) is 43.5 Å². The van der Waals surface area contributed by atoms with Crippen LogP contribution in [0.5, 0.6) is 0 Å². The maximum atomic E-state index is 13.1. The molecule has 0 spiro atoms. The molecule has 0 fully saturated rings. The highest BCUT2D eigenvalue weighted by Gasteiger charge is 2.19. The van der Waals surface area contributed by atoms with Crippen LogP contribution in [-0.2, 0) is 4.79 Å². The van der Waals surface area contributed by atoms with E-state index in [0.29, 0.717) is 11.4 Å². The van der Waals surface area contributed by atoms with E-state index in [-0.39, 0.29) is 5.91 Å². The van der Waals surface area contributed by atoms with Gasteiger partial charge in [0, 0.05) is 27.9 Å². The number of amides is 1. The summed E-state index contributed by atoms with van der Waals surface area (Å²) in [6.07, 6.45) is 5.69. The van der Waals surface area contributed by atoms with Gasteiger partial charge in [0.05, 0.1) is 22.4 Å². The van der Waals surface area contributed by atoms with Gasteiger partial charge in [-0.2, -0.15) is 5.10 Å². The summed E-state index contributed by atoms with van der Waals surface area (Å²) in [4.78, 5) is 16.3. The molecule has 1 aliphatic rings. The van der Waals surface area contributed by atoms with E-state index in [4.69, 9.17) is 0 Å². The van der Waals surface area contributed by atoms with Crippen LogP contribution in [-0.4, -0.2) is 21.1 Å². The first-order chi connectivity index (χ1) is 16.2. The second kappa shape index (κ2) is 8.03. The number of thioether (sulfide) groups is 1. The molecule has 1 aliphatic heterocycles. The first-order valence-electron chi connectivity index (χ1n) is 10.5. The van der Waals surface area contributed by atoms with Crippen molar-refractivity contribution in [2.45, 2.75) is 0 Å². The van der Waals surface area contributed by atoms with E-state index >= 15 is 0 Å². The fourth-order valence-corrected chi connectivity index (χ4v) is 4.82. The SMILES string of the molecule is O=C(Nc1cc(-c2cccc3[nH]ccc23)cc2[nH]ncc12)C1=CSC(=Cc2ccccc2)N1. The number of nitrogens with one attached hydrogen (secondary N) is 4. The van der Waals surface area contributed by atoms with Crippen LogP contribution < -0.4 is 10.6 Å². The minimum Gasteiger partial charge on any atom is -0.361 e. The first-order valence-corrected chi connectivity index (χ1v) is 11.4. The molecule has 0 saturated heterocycles. The molecule has 0 aliphatic carbocycles. The summed E-state index contributed by atoms with van der Waals surface area (Å²) in [5, 5.41) is 18.2. The number of hydrogen-bond acceptors (Lipinski definition) is 4. The summed E-state index contributed by atoms with van der Waals surface area (Å²) in [6.45, 7) is 0. The normalized spacial score (nSPS) is 14.5. The van der Waals surface area contributed by atoms with Gasteiger partial charge in [0.25, 0.3) is 5.91 Å². The van der Waals surface area contributed by atoms with Crippen molar-refractivity contribution in [3.63, 3.8) is 0 Å². The lowest BCUT2D eigenvalue weighted by molar-refractivity contribution is -0.113. The van der Waals surface area contributed by atoms with Crippen molar-refractivity contribution in [1.82, 2.24) is 20.5 Å². The number of H-pyrrole nitrogens is 2. The van der Waals surface area contributed by atoms with E-state index in [1.165, 1.54) is 11.8 Å². The van der Waals surface area contributed by atoms with Crippen LogP contribution in [0.1, 0.15) is 5.56 Å². The number of aromatic nitrogens is 3. The van der Waals surface area contributed by atoms with Crippen molar-refractivity contribution >= 4 is 51.2 Å². The summed E-state index contributed by atoms with van der Waals surface area (Å²) in [7, 11) is 0. The van der Waals surface area contributed by atoms with Crippen LogP contribution in [0.15, 0.2) is 95.3 Å². The zero-order valence-corrected chi connectivity index (χ0v) is 18.2. The van der Waals surface area contributed by atoms with Crippen LogP contribution in [0.3, 0.4) is 0 Å². The van der Waals surface area contributed by atoms with E-state index in [1.807, 2.05) is 66.2 Å². The lowest BCUT2D eigenvalue weighted by atomic mass is 9.99. The van der Waals surface area contributed by atoms with Gasteiger partial charge in [-0.25, -0.2) is 0 Å². The van der Waals surface area contributed by atoms with Gasteiger partial charge in [0.2, 0.25) is 0 Å². The molecule has 0 atom stereocenters. The van der Waals surface area contributed by atoms with Gasteiger partial charge in [-0.15, -0.1) is 0 Å². The van der Waals surface area contributed by atoms with Crippen LogP contribution in [0, 0.1) is 0 Å². The number of anilines is 1. The Morgan fingerprint density at radius 3 is 2.79 bits per heavy atom. The molecule has 5 aromatic rings. The van der Waals surface area contributed by atoms with E-state index < -0.39 is 0 Å². The summed E-state index contributed by atoms with van der Waals surface area (Å²) in [5.41, 5.74) is 6.32. The number of carbonyl (C=O) groups excluding carboxylic acids is 1. The fraction of sp³-hybridized carbons (Fsp3) is 0. The van der Waals surface area contributed by atoms with Crippen molar-refractivity contribution in [3.8, 4) is 11.1 Å². The van der Waals surface area contributed by atoms with Crippen molar-refractivity contribution < 1.29 is 4.79 Å². The highest BCUT2D eigenvalue weighted by molar-refractivity contribution is 8.06. The van der Waals surface area contributed by atoms with Crippen LogP contribution >= 0.6 is 11.8 Å². The summed E-state index contributed by atoms with van der Waals surface area (Å²) >= 11 is 1.50. The Morgan fingerprint density at radius 1 is 0.970 bits per heavy atom. The monoisotopic (exact) mass is 449 g/mol. The van der Waals surface area contributed by atoms with Gasteiger partial charge >= 0.3 is 0 Å². The fourth-order valence-electron chi connectivity index (χ4n) is 4.03. The van der Waals surface area contributed by atoms with Crippen LogP contribution in [0.25, 0.3) is 39.0 Å². The molecule has 2 aromatic heterocycles. The molecule has 33 heavy (non-hydrogen) atoms. The van der Waals surface area contributed by atoms with Gasteiger partial charge in [-0.05, 0) is 47.0 Å². The third-order valence-corrected chi connectivity index (χ3v) is 6.44. The van der Waals surface area contributed by atoms with Gasteiger partial charge in [0.15, 0.2) is 0 Å². The molecule has 3 aromatic carbocycles. The molecule has 4 N–H and O–H groups in total. The van der Waals surface area contributed by atoms with E-state index in [9.17, 15) is 4.79 Å². The first kappa shape index (κ1) is 19.5. The number of fused-ring (bicyclic) bond motifs is 2. The molecule has 7 heteroatoms. The predicted molar refractivity (Wildman–Crippen MR) is 135 cm³/mol. The molecule has 6 rings (SSSR count). The molecule has 0 radical (unpaired) electrons. The Bertz CT molecular complexity index is 1560. The highest BCUT2D eigenvalue weighted by atomic mass is 32.2. The van der Waals surface area contributed by atoms with Gasteiger partial charge < -0.3 is 15.6 Å².